The summed E-state index contributed by atoms with van der Waals surface area (Å²) in [7, 11) is 0. The highest BCUT2D eigenvalue weighted by molar-refractivity contribution is 6.03. The molecule has 0 saturated carbocycles. The molecule has 0 aliphatic rings. The molecular formula is C19H17FN4O. The number of hydrogen-bond donors (Lipinski definition) is 2. The van der Waals surface area contributed by atoms with Crippen molar-refractivity contribution in [2.75, 3.05) is 10.6 Å². The highest BCUT2D eigenvalue weighted by Crippen LogP contribution is 2.11. The van der Waals surface area contributed by atoms with Gasteiger partial charge in [-0.3, -0.25) is 4.79 Å². The van der Waals surface area contributed by atoms with Crippen LogP contribution in [0.2, 0.25) is 0 Å². The minimum Gasteiger partial charge on any atom is -0.365 e. The monoisotopic (exact) mass is 336 g/mol. The molecule has 2 N–H and O–H groups in total. The Morgan fingerprint density at radius 2 is 1.76 bits per heavy atom. The van der Waals surface area contributed by atoms with Gasteiger partial charge in [0.1, 0.15) is 11.6 Å². The van der Waals surface area contributed by atoms with Gasteiger partial charge in [-0.1, -0.05) is 35.9 Å². The lowest BCUT2D eigenvalue weighted by atomic mass is 10.1. The zero-order chi connectivity index (χ0) is 17.6. The lowest BCUT2D eigenvalue weighted by Gasteiger charge is -2.07. The van der Waals surface area contributed by atoms with E-state index in [1.165, 1.54) is 29.8 Å². The van der Waals surface area contributed by atoms with Gasteiger partial charge in [0, 0.05) is 12.1 Å². The average molecular weight is 336 g/mol. The zero-order valence-electron chi connectivity index (χ0n) is 13.7. The van der Waals surface area contributed by atoms with Crippen molar-refractivity contribution in [2.24, 2.45) is 0 Å². The van der Waals surface area contributed by atoms with Crippen LogP contribution in [0.1, 0.15) is 21.5 Å². The number of anilines is 2. The van der Waals surface area contributed by atoms with Crippen molar-refractivity contribution in [3.8, 4) is 0 Å². The second-order valence-electron chi connectivity index (χ2n) is 5.61. The highest BCUT2D eigenvalue weighted by Gasteiger charge is 2.08. The molecule has 3 rings (SSSR count). The van der Waals surface area contributed by atoms with Gasteiger partial charge in [0.15, 0.2) is 5.82 Å². The van der Waals surface area contributed by atoms with E-state index in [0.29, 0.717) is 18.2 Å². The number of rotatable bonds is 5. The SMILES string of the molecule is Cc1cccc(CNc2ccc(NC(=O)c3cccc(F)c3)nn2)c1. The number of nitrogens with zero attached hydrogens (tertiary/aromatic N) is 2. The summed E-state index contributed by atoms with van der Waals surface area (Å²) in [6.45, 7) is 2.67. The molecule has 0 aliphatic heterocycles. The summed E-state index contributed by atoms with van der Waals surface area (Å²) in [6, 6.07) is 17.0. The topological polar surface area (TPSA) is 66.9 Å². The van der Waals surface area contributed by atoms with E-state index in [2.05, 4.69) is 26.9 Å². The molecule has 0 unspecified atom stereocenters. The van der Waals surface area contributed by atoms with E-state index in [1.807, 2.05) is 25.1 Å². The lowest BCUT2D eigenvalue weighted by molar-refractivity contribution is 0.102. The van der Waals surface area contributed by atoms with E-state index in [0.717, 1.165) is 5.56 Å². The van der Waals surface area contributed by atoms with Crippen molar-refractivity contribution in [3.05, 3.63) is 83.2 Å². The van der Waals surface area contributed by atoms with Gasteiger partial charge < -0.3 is 10.6 Å². The smallest absolute Gasteiger partial charge is 0.256 e. The predicted molar refractivity (Wildman–Crippen MR) is 94.9 cm³/mol. The molecule has 5 nitrogen and oxygen atoms in total. The minimum atomic E-state index is -0.463. The number of carbonyl (C=O) groups is 1. The summed E-state index contributed by atoms with van der Waals surface area (Å²) in [4.78, 5) is 12.0. The summed E-state index contributed by atoms with van der Waals surface area (Å²) >= 11 is 0. The first-order valence-corrected chi connectivity index (χ1v) is 7.80. The van der Waals surface area contributed by atoms with E-state index in [4.69, 9.17) is 0 Å². The van der Waals surface area contributed by atoms with Crippen molar-refractivity contribution in [1.29, 1.82) is 0 Å². The molecule has 0 fully saturated rings. The van der Waals surface area contributed by atoms with Crippen molar-refractivity contribution < 1.29 is 9.18 Å². The Balaban J connectivity index is 1.59. The van der Waals surface area contributed by atoms with Crippen LogP contribution in [-0.4, -0.2) is 16.1 Å². The number of amides is 1. The third-order valence-corrected chi connectivity index (χ3v) is 3.55. The van der Waals surface area contributed by atoms with E-state index in [-0.39, 0.29) is 5.56 Å². The number of halogens is 1. The Bertz CT molecular complexity index is 881. The summed E-state index contributed by atoms with van der Waals surface area (Å²) in [5.74, 6) is 0.00401. The van der Waals surface area contributed by atoms with E-state index in [1.54, 1.807) is 12.1 Å². The highest BCUT2D eigenvalue weighted by atomic mass is 19.1. The fourth-order valence-corrected chi connectivity index (χ4v) is 2.33. The van der Waals surface area contributed by atoms with Crippen LogP contribution < -0.4 is 10.6 Å². The third-order valence-electron chi connectivity index (χ3n) is 3.55. The van der Waals surface area contributed by atoms with Gasteiger partial charge in [0.25, 0.3) is 5.91 Å². The van der Waals surface area contributed by atoms with Crippen LogP contribution in [-0.2, 0) is 6.54 Å². The van der Waals surface area contributed by atoms with E-state index < -0.39 is 11.7 Å². The first kappa shape index (κ1) is 16.6. The minimum absolute atomic E-state index is 0.225. The van der Waals surface area contributed by atoms with Crippen molar-refractivity contribution in [3.63, 3.8) is 0 Å². The number of carbonyl (C=O) groups excluding carboxylic acids is 1. The first-order valence-electron chi connectivity index (χ1n) is 7.80. The quantitative estimate of drug-likeness (QED) is 0.744. The molecule has 0 spiro atoms. The lowest BCUT2D eigenvalue weighted by Crippen LogP contribution is -2.14. The molecule has 0 bridgehead atoms. The fraction of sp³-hybridized carbons (Fsp3) is 0.105. The first-order chi connectivity index (χ1) is 12.1. The van der Waals surface area contributed by atoms with Gasteiger partial charge in [-0.15, -0.1) is 10.2 Å². The molecule has 1 amide bonds. The standard InChI is InChI=1S/C19H17FN4O/c1-13-4-2-5-14(10-13)12-21-17-8-9-18(24-23-17)22-19(25)15-6-3-7-16(20)11-15/h2-11H,12H2,1H3,(H,21,23)(H,22,24,25). The maximum Gasteiger partial charge on any atom is 0.256 e. The largest absolute Gasteiger partial charge is 0.365 e. The molecule has 2 aromatic carbocycles. The van der Waals surface area contributed by atoms with Crippen LogP contribution in [0.4, 0.5) is 16.0 Å². The van der Waals surface area contributed by atoms with Crippen LogP contribution >= 0.6 is 0 Å². The predicted octanol–water partition coefficient (Wildman–Crippen LogP) is 3.79. The Hall–Kier alpha value is -3.28. The fourth-order valence-electron chi connectivity index (χ4n) is 2.33. The normalized spacial score (nSPS) is 10.3. The number of hydrogen-bond acceptors (Lipinski definition) is 4. The van der Waals surface area contributed by atoms with Crippen LogP contribution in [0, 0.1) is 12.7 Å². The van der Waals surface area contributed by atoms with Crippen molar-refractivity contribution in [1.82, 2.24) is 10.2 Å². The van der Waals surface area contributed by atoms with Gasteiger partial charge in [-0.05, 0) is 42.8 Å². The molecular weight excluding hydrogens is 319 g/mol. The molecule has 0 atom stereocenters. The second-order valence-corrected chi connectivity index (χ2v) is 5.61. The molecule has 0 saturated heterocycles. The van der Waals surface area contributed by atoms with Crippen molar-refractivity contribution >= 4 is 17.5 Å². The molecule has 3 aromatic rings. The second kappa shape index (κ2) is 7.53. The molecule has 25 heavy (non-hydrogen) atoms. The Labute approximate surface area is 144 Å². The molecule has 0 aliphatic carbocycles. The Morgan fingerprint density at radius 3 is 2.48 bits per heavy atom. The van der Waals surface area contributed by atoms with Crippen molar-refractivity contribution in [2.45, 2.75) is 13.5 Å². The summed E-state index contributed by atoms with van der Waals surface area (Å²) in [6.07, 6.45) is 0. The van der Waals surface area contributed by atoms with Crippen LogP contribution in [0.25, 0.3) is 0 Å². The van der Waals surface area contributed by atoms with Gasteiger partial charge in [0.2, 0.25) is 0 Å². The molecule has 0 radical (unpaired) electrons. The van der Waals surface area contributed by atoms with Gasteiger partial charge in [-0.25, -0.2) is 4.39 Å². The summed E-state index contributed by atoms with van der Waals surface area (Å²) in [5, 5.41) is 13.7. The van der Waals surface area contributed by atoms with E-state index in [9.17, 15) is 9.18 Å². The molecule has 126 valence electrons. The molecule has 1 heterocycles. The number of aromatic nitrogens is 2. The number of nitrogens with one attached hydrogen (secondary N) is 2. The third kappa shape index (κ3) is 4.60. The van der Waals surface area contributed by atoms with E-state index >= 15 is 0 Å². The van der Waals surface area contributed by atoms with Gasteiger partial charge in [-0.2, -0.15) is 0 Å². The van der Waals surface area contributed by atoms with Gasteiger partial charge in [0.05, 0.1) is 0 Å². The molecule has 6 heteroatoms. The number of aryl methyl sites for hydroxylation is 1. The van der Waals surface area contributed by atoms with Crippen LogP contribution in [0.5, 0.6) is 0 Å². The Kier molecular flexibility index (Phi) is 4.99. The Morgan fingerprint density at radius 1 is 1.00 bits per heavy atom. The van der Waals surface area contributed by atoms with Crippen LogP contribution in [0.15, 0.2) is 60.7 Å². The zero-order valence-corrected chi connectivity index (χ0v) is 13.7. The maximum absolute atomic E-state index is 13.2. The molecule has 1 aromatic heterocycles. The average Bonchev–Trinajstić information content (AvgIpc) is 2.61. The summed E-state index contributed by atoms with van der Waals surface area (Å²) in [5.41, 5.74) is 2.56. The number of benzene rings is 2. The maximum atomic E-state index is 13.2. The van der Waals surface area contributed by atoms with Gasteiger partial charge >= 0.3 is 0 Å². The van der Waals surface area contributed by atoms with Crippen LogP contribution in [0.3, 0.4) is 0 Å². The summed E-state index contributed by atoms with van der Waals surface area (Å²) < 4.78 is 13.2.